The molecule has 2 rings (SSSR count). The summed E-state index contributed by atoms with van der Waals surface area (Å²) in [6.45, 7) is 1.57. The number of amides is 1. The van der Waals surface area contributed by atoms with Crippen LogP contribution in [-0.2, 0) is 4.74 Å². The van der Waals surface area contributed by atoms with Gasteiger partial charge in [-0.15, -0.1) is 0 Å². The second kappa shape index (κ2) is 5.05. The molecule has 1 atom stereocenters. The van der Waals surface area contributed by atoms with E-state index in [1.165, 1.54) is 0 Å². The molecule has 0 aromatic heterocycles. The number of hydrogen-bond donors (Lipinski definition) is 3. The lowest BCUT2D eigenvalue weighted by Gasteiger charge is -2.13. The molecule has 1 aromatic carbocycles. The minimum Gasteiger partial charge on any atom is -0.397 e. The lowest BCUT2D eigenvalue weighted by atomic mass is 10.1. The zero-order valence-electron chi connectivity index (χ0n) is 9.61. The molecule has 0 bridgehead atoms. The van der Waals surface area contributed by atoms with Crippen LogP contribution in [0.15, 0.2) is 18.2 Å². The standard InChI is InChI=1S/C12H17N3O2/c13-10-6-8(12(14)16)3-4-11(10)15-7-9-2-1-5-17-9/h3-4,6,9,15H,1-2,5,7,13H2,(H2,14,16)/t9-/m1/s1. The van der Waals surface area contributed by atoms with E-state index in [4.69, 9.17) is 16.2 Å². The number of nitrogens with two attached hydrogens (primary N) is 2. The van der Waals surface area contributed by atoms with E-state index in [2.05, 4.69) is 5.32 Å². The number of carbonyl (C=O) groups excluding carboxylic acids is 1. The Hall–Kier alpha value is -1.75. The number of benzene rings is 1. The molecular formula is C12H17N3O2. The Morgan fingerprint density at radius 3 is 2.94 bits per heavy atom. The van der Waals surface area contributed by atoms with Gasteiger partial charge in [-0.05, 0) is 31.0 Å². The Bertz CT molecular complexity index is 414. The molecule has 0 saturated carbocycles. The molecule has 92 valence electrons. The molecule has 0 radical (unpaired) electrons. The van der Waals surface area contributed by atoms with E-state index in [-0.39, 0.29) is 6.10 Å². The first-order valence-electron chi connectivity index (χ1n) is 5.71. The zero-order chi connectivity index (χ0) is 12.3. The van der Waals surface area contributed by atoms with Gasteiger partial charge in [0.05, 0.1) is 17.5 Å². The van der Waals surface area contributed by atoms with Gasteiger partial charge in [0.25, 0.3) is 0 Å². The van der Waals surface area contributed by atoms with Crippen molar-refractivity contribution < 1.29 is 9.53 Å². The van der Waals surface area contributed by atoms with Crippen molar-refractivity contribution in [2.45, 2.75) is 18.9 Å². The number of ether oxygens (including phenoxy) is 1. The van der Waals surface area contributed by atoms with Gasteiger partial charge in [0.1, 0.15) is 0 Å². The van der Waals surface area contributed by atoms with Crippen LogP contribution in [0.4, 0.5) is 11.4 Å². The molecule has 1 amide bonds. The largest absolute Gasteiger partial charge is 0.397 e. The van der Waals surface area contributed by atoms with E-state index in [9.17, 15) is 4.79 Å². The number of anilines is 2. The summed E-state index contributed by atoms with van der Waals surface area (Å²) < 4.78 is 5.50. The summed E-state index contributed by atoms with van der Waals surface area (Å²) in [6, 6.07) is 5.01. The molecule has 1 aromatic rings. The molecule has 0 unspecified atom stereocenters. The van der Waals surface area contributed by atoms with Crippen molar-refractivity contribution in [2.75, 3.05) is 24.2 Å². The molecule has 0 spiro atoms. The normalized spacial score (nSPS) is 19.2. The number of carbonyl (C=O) groups is 1. The van der Waals surface area contributed by atoms with Gasteiger partial charge in [-0.25, -0.2) is 0 Å². The Labute approximate surface area is 100 Å². The zero-order valence-corrected chi connectivity index (χ0v) is 9.61. The van der Waals surface area contributed by atoms with Crippen molar-refractivity contribution in [2.24, 2.45) is 5.73 Å². The van der Waals surface area contributed by atoms with Crippen LogP contribution in [-0.4, -0.2) is 25.2 Å². The van der Waals surface area contributed by atoms with E-state index in [0.717, 1.165) is 31.7 Å². The molecule has 5 nitrogen and oxygen atoms in total. The predicted octanol–water partition coefficient (Wildman–Crippen LogP) is 0.959. The van der Waals surface area contributed by atoms with Gasteiger partial charge in [0.15, 0.2) is 0 Å². The highest BCUT2D eigenvalue weighted by Crippen LogP contribution is 2.21. The van der Waals surface area contributed by atoms with Gasteiger partial charge in [0, 0.05) is 18.7 Å². The summed E-state index contributed by atoms with van der Waals surface area (Å²) in [4.78, 5) is 11.0. The molecule has 0 aliphatic carbocycles. The predicted molar refractivity (Wildman–Crippen MR) is 66.8 cm³/mol. The second-order valence-electron chi connectivity index (χ2n) is 4.18. The van der Waals surface area contributed by atoms with E-state index < -0.39 is 5.91 Å². The number of primary amides is 1. The molecule has 1 aliphatic heterocycles. The molecule has 1 aliphatic rings. The first-order valence-corrected chi connectivity index (χ1v) is 5.71. The van der Waals surface area contributed by atoms with Gasteiger partial charge in [-0.1, -0.05) is 0 Å². The highest BCUT2D eigenvalue weighted by Gasteiger charge is 2.15. The lowest BCUT2D eigenvalue weighted by molar-refractivity contribution is 0.100. The van der Waals surface area contributed by atoms with Crippen LogP contribution in [0.2, 0.25) is 0 Å². The van der Waals surface area contributed by atoms with Crippen LogP contribution in [0.25, 0.3) is 0 Å². The molecular weight excluding hydrogens is 218 g/mol. The summed E-state index contributed by atoms with van der Waals surface area (Å²) in [7, 11) is 0. The summed E-state index contributed by atoms with van der Waals surface area (Å²) in [6.07, 6.45) is 2.44. The first kappa shape index (κ1) is 11.7. The molecule has 5 N–H and O–H groups in total. The third-order valence-corrected chi connectivity index (χ3v) is 2.88. The van der Waals surface area contributed by atoms with E-state index in [1.54, 1.807) is 18.2 Å². The summed E-state index contributed by atoms with van der Waals surface area (Å²) >= 11 is 0. The average molecular weight is 235 g/mol. The smallest absolute Gasteiger partial charge is 0.248 e. The Morgan fingerprint density at radius 2 is 2.35 bits per heavy atom. The van der Waals surface area contributed by atoms with Crippen LogP contribution in [0.3, 0.4) is 0 Å². The van der Waals surface area contributed by atoms with Gasteiger partial charge < -0.3 is 21.5 Å². The maximum atomic E-state index is 11.0. The Balaban J connectivity index is 1.98. The van der Waals surface area contributed by atoms with Gasteiger partial charge in [0.2, 0.25) is 5.91 Å². The fourth-order valence-corrected chi connectivity index (χ4v) is 1.91. The molecule has 1 saturated heterocycles. The third-order valence-electron chi connectivity index (χ3n) is 2.88. The van der Waals surface area contributed by atoms with Crippen LogP contribution in [0.5, 0.6) is 0 Å². The van der Waals surface area contributed by atoms with Crippen LogP contribution in [0, 0.1) is 0 Å². The van der Waals surface area contributed by atoms with E-state index in [0.29, 0.717) is 11.3 Å². The van der Waals surface area contributed by atoms with Crippen LogP contribution >= 0.6 is 0 Å². The maximum absolute atomic E-state index is 11.0. The number of nitrogen functional groups attached to an aromatic ring is 1. The van der Waals surface area contributed by atoms with Gasteiger partial charge in [-0.3, -0.25) is 4.79 Å². The minimum absolute atomic E-state index is 0.255. The third kappa shape index (κ3) is 2.88. The second-order valence-corrected chi connectivity index (χ2v) is 4.18. The van der Waals surface area contributed by atoms with Gasteiger partial charge >= 0.3 is 0 Å². The van der Waals surface area contributed by atoms with Gasteiger partial charge in [-0.2, -0.15) is 0 Å². The number of rotatable bonds is 4. The van der Waals surface area contributed by atoms with Crippen molar-refractivity contribution in [1.29, 1.82) is 0 Å². The fourth-order valence-electron chi connectivity index (χ4n) is 1.91. The molecule has 1 heterocycles. The monoisotopic (exact) mass is 235 g/mol. The number of nitrogens with one attached hydrogen (secondary N) is 1. The fraction of sp³-hybridized carbons (Fsp3) is 0.417. The van der Waals surface area contributed by atoms with Crippen molar-refractivity contribution >= 4 is 17.3 Å². The topological polar surface area (TPSA) is 90.4 Å². The van der Waals surface area contributed by atoms with Crippen molar-refractivity contribution in [3.63, 3.8) is 0 Å². The Morgan fingerprint density at radius 1 is 1.53 bits per heavy atom. The molecule has 5 heteroatoms. The Kier molecular flexibility index (Phi) is 3.49. The molecule has 17 heavy (non-hydrogen) atoms. The summed E-state index contributed by atoms with van der Waals surface area (Å²) in [5.41, 5.74) is 12.8. The highest BCUT2D eigenvalue weighted by atomic mass is 16.5. The van der Waals surface area contributed by atoms with E-state index in [1.807, 2.05) is 0 Å². The maximum Gasteiger partial charge on any atom is 0.248 e. The average Bonchev–Trinajstić information content (AvgIpc) is 2.80. The van der Waals surface area contributed by atoms with Crippen molar-refractivity contribution in [3.8, 4) is 0 Å². The first-order chi connectivity index (χ1) is 8.16. The molecule has 1 fully saturated rings. The highest BCUT2D eigenvalue weighted by molar-refractivity contribution is 5.94. The SMILES string of the molecule is NC(=O)c1ccc(NC[C@H]2CCCO2)c(N)c1. The minimum atomic E-state index is -0.470. The van der Waals surface area contributed by atoms with Crippen LogP contribution < -0.4 is 16.8 Å². The van der Waals surface area contributed by atoms with Crippen molar-refractivity contribution in [1.82, 2.24) is 0 Å². The van der Waals surface area contributed by atoms with E-state index >= 15 is 0 Å². The lowest BCUT2D eigenvalue weighted by Crippen LogP contribution is -2.19. The van der Waals surface area contributed by atoms with Crippen LogP contribution in [0.1, 0.15) is 23.2 Å². The van der Waals surface area contributed by atoms with Crippen molar-refractivity contribution in [3.05, 3.63) is 23.8 Å². The quantitative estimate of drug-likeness (QED) is 0.678. The summed E-state index contributed by atoms with van der Waals surface area (Å²) in [5, 5.41) is 3.22. The summed E-state index contributed by atoms with van der Waals surface area (Å²) in [5.74, 6) is -0.470. The number of hydrogen-bond acceptors (Lipinski definition) is 4.